The SMILES string of the molecule is COc1ccc(C2(C(=O)N3CCOc4ccc(CCC(=O)NC5CC5)cc4C3)CC2)cc1. The number of hydrogen-bond donors (Lipinski definition) is 1. The predicted octanol–water partition coefficient (Wildman–Crippen LogP) is 3.36. The van der Waals surface area contributed by atoms with Crippen LogP contribution in [0, 0.1) is 0 Å². The van der Waals surface area contributed by atoms with E-state index in [9.17, 15) is 9.59 Å². The van der Waals surface area contributed by atoms with Gasteiger partial charge in [-0.25, -0.2) is 0 Å². The van der Waals surface area contributed by atoms with Gasteiger partial charge >= 0.3 is 0 Å². The summed E-state index contributed by atoms with van der Waals surface area (Å²) in [5, 5.41) is 3.04. The number of aryl methyl sites for hydroxylation is 1. The number of benzene rings is 2. The summed E-state index contributed by atoms with van der Waals surface area (Å²) in [4.78, 5) is 27.6. The van der Waals surface area contributed by atoms with E-state index in [1.807, 2.05) is 41.3 Å². The molecule has 1 N–H and O–H groups in total. The van der Waals surface area contributed by atoms with E-state index in [1.165, 1.54) is 0 Å². The number of methoxy groups -OCH3 is 1. The number of nitrogens with one attached hydrogen (secondary N) is 1. The third-order valence-corrected chi connectivity index (χ3v) is 6.78. The number of nitrogens with zero attached hydrogens (tertiary/aromatic N) is 1. The van der Waals surface area contributed by atoms with Crippen LogP contribution in [0.25, 0.3) is 0 Å². The Morgan fingerprint density at radius 3 is 2.62 bits per heavy atom. The van der Waals surface area contributed by atoms with Crippen molar-refractivity contribution in [2.45, 2.75) is 56.5 Å². The summed E-state index contributed by atoms with van der Waals surface area (Å²) >= 11 is 0. The molecule has 0 unspecified atom stereocenters. The quantitative estimate of drug-likeness (QED) is 0.726. The molecule has 6 heteroatoms. The van der Waals surface area contributed by atoms with E-state index >= 15 is 0 Å². The van der Waals surface area contributed by atoms with Gasteiger partial charge in [-0.2, -0.15) is 0 Å². The van der Waals surface area contributed by atoms with Gasteiger partial charge in [0.2, 0.25) is 11.8 Å². The van der Waals surface area contributed by atoms with Gasteiger partial charge in [-0.15, -0.1) is 0 Å². The number of amides is 2. The smallest absolute Gasteiger partial charge is 0.233 e. The number of ether oxygens (including phenoxy) is 2. The second kappa shape index (κ2) is 8.49. The van der Waals surface area contributed by atoms with E-state index in [0.29, 0.717) is 38.6 Å². The van der Waals surface area contributed by atoms with Crippen molar-refractivity contribution in [2.24, 2.45) is 0 Å². The second-order valence-electron chi connectivity index (χ2n) is 9.17. The fourth-order valence-electron chi connectivity index (χ4n) is 4.53. The van der Waals surface area contributed by atoms with Crippen molar-refractivity contribution in [3.8, 4) is 11.5 Å². The highest BCUT2D eigenvalue weighted by Crippen LogP contribution is 2.50. The molecule has 2 fully saturated rings. The Hall–Kier alpha value is -3.02. The lowest BCUT2D eigenvalue weighted by atomic mass is 9.94. The molecule has 2 aromatic rings. The van der Waals surface area contributed by atoms with Gasteiger partial charge in [-0.05, 0) is 61.4 Å². The Morgan fingerprint density at radius 1 is 1.16 bits per heavy atom. The molecule has 2 aromatic carbocycles. The Bertz CT molecular complexity index is 1010. The average Bonchev–Trinajstić information content (AvgIpc) is 3.71. The second-order valence-corrected chi connectivity index (χ2v) is 9.17. The molecule has 168 valence electrons. The highest BCUT2D eigenvalue weighted by molar-refractivity contribution is 5.91. The maximum Gasteiger partial charge on any atom is 0.233 e. The van der Waals surface area contributed by atoms with E-state index in [1.54, 1.807) is 7.11 Å². The van der Waals surface area contributed by atoms with Crippen LogP contribution in [0.4, 0.5) is 0 Å². The van der Waals surface area contributed by atoms with Gasteiger partial charge in [0.25, 0.3) is 0 Å². The number of fused-ring (bicyclic) bond motifs is 1. The van der Waals surface area contributed by atoms with E-state index in [4.69, 9.17) is 9.47 Å². The first kappa shape index (κ1) is 20.9. The maximum atomic E-state index is 13.6. The highest BCUT2D eigenvalue weighted by atomic mass is 16.5. The summed E-state index contributed by atoms with van der Waals surface area (Å²) in [5.74, 6) is 1.92. The number of carbonyl (C=O) groups is 2. The molecule has 0 spiro atoms. The van der Waals surface area contributed by atoms with Crippen molar-refractivity contribution in [1.82, 2.24) is 10.2 Å². The molecule has 0 saturated heterocycles. The number of hydrogen-bond acceptors (Lipinski definition) is 4. The van der Waals surface area contributed by atoms with Gasteiger partial charge in [0.1, 0.15) is 18.1 Å². The van der Waals surface area contributed by atoms with Gasteiger partial charge in [0.05, 0.1) is 19.1 Å². The molecular weight excluding hydrogens is 404 g/mol. The molecule has 1 heterocycles. The van der Waals surface area contributed by atoms with Gasteiger partial charge in [-0.3, -0.25) is 9.59 Å². The van der Waals surface area contributed by atoms with Gasteiger partial charge < -0.3 is 19.7 Å². The monoisotopic (exact) mass is 434 g/mol. The van der Waals surface area contributed by atoms with Crippen molar-refractivity contribution in [3.63, 3.8) is 0 Å². The lowest BCUT2D eigenvalue weighted by molar-refractivity contribution is -0.134. The first-order chi connectivity index (χ1) is 15.6. The van der Waals surface area contributed by atoms with Crippen LogP contribution >= 0.6 is 0 Å². The minimum Gasteiger partial charge on any atom is -0.497 e. The molecule has 0 atom stereocenters. The summed E-state index contributed by atoms with van der Waals surface area (Å²) in [6, 6.07) is 14.4. The topological polar surface area (TPSA) is 67.9 Å². The Morgan fingerprint density at radius 2 is 1.94 bits per heavy atom. The van der Waals surface area contributed by atoms with Gasteiger partial charge in [0.15, 0.2) is 0 Å². The molecule has 2 amide bonds. The third-order valence-electron chi connectivity index (χ3n) is 6.78. The summed E-state index contributed by atoms with van der Waals surface area (Å²) in [6.07, 6.45) is 5.12. The summed E-state index contributed by atoms with van der Waals surface area (Å²) in [5.41, 5.74) is 2.75. The van der Waals surface area contributed by atoms with Crippen LogP contribution in [0.5, 0.6) is 11.5 Å². The average molecular weight is 435 g/mol. The van der Waals surface area contributed by atoms with Crippen molar-refractivity contribution in [2.75, 3.05) is 20.3 Å². The van der Waals surface area contributed by atoms with Crippen LogP contribution in [0.2, 0.25) is 0 Å². The number of rotatable bonds is 7. The lowest BCUT2D eigenvalue weighted by Gasteiger charge is -2.26. The lowest BCUT2D eigenvalue weighted by Crippen LogP contribution is -2.40. The van der Waals surface area contributed by atoms with Crippen molar-refractivity contribution in [1.29, 1.82) is 0 Å². The standard InChI is InChI=1S/C26H30N2O4/c1-31-22-8-4-20(5-9-22)26(12-13-26)25(30)28-14-15-32-23-10-2-18(16-19(23)17-28)3-11-24(29)27-21-6-7-21/h2,4-5,8-10,16,21H,3,6-7,11-15,17H2,1H3,(H,27,29). The summed E-state index contributed by atoms with van der Waals surface area (Å²) in [7, 11) is 1.65. The summed E-state index contributed by atoms with van der Waals surface area (Å²) < 4.78 is 11.2. The van der Waals surface area contributed by atoms with Crippen LogP contribution in [-0.4, -0.2) is 43.0 Å². The zero-order chi connectivity index (χ0) is 22.1. The zero-order valence-electron chi connectivity index (χ0n) is 18.6. The molecule has 2 saturated carbocycles. The minimum absolute atomic E-state index is 0.116. The van der Waals surface area contributed by atoms with Crippen LogP contribution in [0.3, 0.4) is 0 Å². The number of carbonyl (C=O) groups excluding carboxylic acids is 2. The molecule has 32 heavy (non-hydrogen) atoms. The third kappa shape index (κ3) is 4.31. The highest BCUT2D eigenvalue weighted by Gasteiger charge is 2.53. The fourth-order valence-corrected chi connectivity index (χ4v) is 4.53. The van der Waals surface area contributed by atoms with E-state index in [-0.39, 0.29) is 11.8 Å². The predicted molar refractivity (Wildman–Crippen MR) is 121 cm³/mol. The largest absolute Gasteiger partial charge is 0.497 e. The first-order valence-corrected chi connectivity index (χ1v) is 11.6. The molecule has 0 bridgehead atoms. The van der Waals surface area contributed by atoms with Crippen molar-refractivity contribution >= 4 is 11.8 Å². The van der Waals surface area contributed by atoms with Crippen molar-refractivity contribution < 1.29 is 19.1 Å². The van der Waals surface area contributed by atoms with Crippen molar-refractivity contribution in [3.05, 3.63) is 59.2 Å². The van der Waals surface area contributed by atoms with Crippen LogP contribution in [-0.2, 0) is 28.0 Å². The molecular formula is C26H30N2O4. The Balaban J connectivity index is 1.28. The Kier molecular flexibility index (Phi) is 5.53. The zero-order valence-corrected chi connectivity index (χ0v) is 18.6. The maximum absolute atomic E-state index is 13.6. The fraction of sp³-hybridized carbons (Fsp3) is 0.462. The molecule has 1 aliphatic heterocycles. The molecule has 2 aliphatic carbocycles. The van der Waals surface area contributed by atoms with E-state index in [0.717, 1.165) is 53.9 Å². The first-order valence-electron chi connectivity index (χ1n) is 11.6. The van der Waals surface area contributed by atoms with Gasteiger partial charge in [0, 0.05) is 24.6 Å². The summed E-state index contributed by atoms with van der Waals surface area (Å²) in [6.45, 7) is 1.60. The van der Waals surface area contributed by atoms with Crippen LogP contribution < -0.4 is 14.8 Å². The molecule has 3 aliphatic rings. The van der Waals surface area contributed by atoms with Crippen LogP contribution in [0.1, 0.15) is 48.8 Å². The normalized spacial score (nSPS) is 18.7. The molecule has 0 radical (unpaired) electrons. The molecule has 5 rings (SSSR count). The van der Waals surface area contributed by atoms with Gasteiger partial charge in [-0.1, -0.05) is 24.3 Å². The molecule has 6 nitrogen and oxygen atoms in total. The Labute approximate surface area is 188 Å². The van der Waals surface area contributed by atoms with Crippen LogP contribution in [0.15, 0.2) is 42.5 Å². The molecule has 0 aromatic heterocycles. The van der Waals surface area contributed by atoms with E-state index < -0.39 is 5.41 Å². The van der Waals surface area contributed by atoms with E-state index in [2.05, 4.69) is 11.4 Å². The minimum atomic E-state index is -0.421.